The molecule has 0 radical (unpaired) electrons. The maximum atomic E-state index is 4.39. The number of hydrogen-bond donors (Lipinski definition) is 1. The second-order valence-corrected chi connectivity index (χ2v) is 4.28. The van der Waals surface area contributed by atoms with Crippen molar-refractivity contribution in [3.05, 3.63) is 34.3 Å². The van der Waals surface area contributed by atoms with Crippen molar-refractivity contribution in [1.82, 2.24) is 9.78 Å². The van der Waals surface area contributed by atoms with E-state index in [-0.39, 0.29) is 0 Å². The molecule has 0 aliphatic carbocycles. The highest BCUT2D eigenvalue weighted by molar-refractivity contribution is 7.07. The molecule has 2 aromatic heterocycles. The summed E-state index contributed by atoms with van der Waals surface area (Å²) in [6.45, 7) is 3.00. The van der Waals surface area contributed by atoms with Crippen LogP contribution in [-0.4, -0.2) is 9.78 Å². The molecule has 0 fully saturated rings. The van der Waals surface area contributed by atoms with Gasteiger partial charge in [0.1, 0.15) is 0 Å². The number of aryl methyl sites for hydroxylation is 2. The summed E-state index contributed by atoms with van der Waals surface area (Å²) >= 11 is 1.73. The van der Waals surface area contributed by atoms with Gasteiger partial charge in [-0.1, -0.05) is 6.92 Å². The molecule has 15 heavy (non-hydrogen) atoms. The van der Waals surface area contributed by atoms with Crippen LogP contribution in [0.5, 0.6) is 0 Å². The number of rotatable bonds is 4. The number of hydrogen-bond acceptors (Lipinski definition) is 3. The molecule has 0 atom stereocenters. The van der Waals surface area contributed by atoms with Gasteiger partial charge in [-0.2, -0.15) is 16.4 Å². The summed E-state index contributed by atoms with van der Waals surface area (Å²) in [6.07, 6.45) is 3.00. The Morgan fingerprint density at radius 2 is 2.40 bits per heavy atom. The zero-order valence-corrected chi connectivity index (χ0v) is 9.84. The van der Waals surface area contributed by atoms with E-state index >= 15 is 0 Å². The molecule has 0 aromatic carbocycles. The molecule has 0 saturated heterocycles. The van der Waals surface area contributed by atoms with Gasteiger partial charge in [0, 0.05) is 19.8 Å². The van der Waals surface area contributed by atoms with Gasteiger partial charge in [-0.15, -0.1) is 0 Å². The lowest BCUT2D eigenvalue weighted by Crippen LogP contribution is -1.99. The minimum Gasteiger partial charge on any atom is -0.378 e. The highest BCUT2D eigenvalue weighted by Crippen LogP contribution is 2.15. The normalized spacial score (nSPS) is 10.5. The first-order valence-electron chi connectivity index (χ1n) is 5.07. The van der Waals surface area contributed by atoms with E-state index in [1.54, 1.807) is 11.3 Å². The van der Waals surface area contributed by atoms with Crippen LogP contribution in [0.4, 0.5) is 5.69 Å². The van der Waals surface area contributed by atoms with Gasteiger partial charge in [-0.05, 0) is 28.8 Å². The summed E-state index contributed by atoms with van der Waals surface area (Å²) < 4.78 is 1.86. The first kappa shape index (κ1) is 10.2. The van der Waals surface area contributed by atoms with Crippen LogP contribution in [0, 0.1) is 0 Å². The molecule has 0 aliphatic heterocycles. The highest BCUT2D eigenvalue weighted by Gasteiger charge is 2.04. The van der Waals surface area contributed by atoms with Crippen molar-refractivity contribution in [1.29, 1.82) is 0 Å². The maximum absolute atomic E-state index is 4.39. The molecule has 0 saturated carbocycles. The first-order chi connectivity index (χ1) is 7.29. The third kappa shape index (κ3) is 2.39. The van der Waals surface area contributed by atoms with Crippen LogP contribution in [0.2, 0.25) is 0 Å². The van der Waals surface area contributed by atoms with E-state index in [0.717, 1.165) is 24.3 Å². The van der Waals surface area contributed by atoms with Crippen molar-refractivity contribution in [2.24, 2.45) is 7.05 Å². The molecule has 0 aliphatic rings. The molecule has 0 spiro atoms. The summed E-state index contributed by atoms with van der Waals surface area (Å²) in [5.41, 5.74) is 3.60. The summed E-state index contributed by atoms with van der Waals surface area (Å²) in [4.78, 5) is 0. The van der Waals surface area contributed by atoms with Crippen LogP contribution < -0.4 is 5.32 Å². The average Bonchev–Trinajstić information content (AvgIpc) is 2.83. The lowest BCUT2D eigenvalue weighted by atomic mass is 10.3. The molecule has 2 aromatic rings. The van der Waals surface area contributed by atoms with Crippen LogP contribution in [0.25, 0.3) is 0 Å². The van der Waals surface area contributed by atoms with Gasteiger partial charge in [0.2, 0.25) is 0 Å². The van der Waals surface area contributed by atoms with Crippen LogP contribution >= 0.6 is 11.3 Å². The molecule has 0 unspecified atom stereocenters. The summed E-state index contributed by atoms with van der Waals surface area (Å²) in [7, 11) is 1.95. The predicted molar refractivity (Wildman–Crippen MR) is 64.2 cm³/mol. The standard InChI is InChI=1S/C11H15N3S/c1-3-10-11(7-14(2)13-10)12-6-9-4-5-15-8-9/h4-5,7-8,12H,3,6H2,1-2H3. The second kappa shape index (κ2) is 4.49. The molecular weight excluding hydrogens is 206 g/mol. The zero-order chi connectivity index (χ0) is 10.7. The van der Waals surface area contributed by atoms with Gasteiger partial charge in [0.15, 0.2) is 0 Å². The average molecular weight is 221 g/mol. The molecule has 0 amide bonds. The zero-order valence-electron chi connectivity index (χ0n) is 9.03. The smallest absolute Gasteiger partial charge is 0.0853 e. The molecule has 2 rings (SSSR count). The predicted octanol–water partition coefficient (Wildman–Crippen LogP) is 2.66. The Labute approximate surface area is 93.7 Å². The lowest BCUT2D eigenvalue weighted by Gasteiger charge is -2.03. The van der Waals surface area contributed by atoms with Crippen molar-refractivity contribution >= 4 is 17.0 Å². The fourth-order valence-electron chi connectivity index (χ4n) is 1.53. The van der Waals surface area contributed by atoms with Gasteiger partial charge < -0.3 is 5.32 Å². The largest absolute Gasteiger partial charge is 0.378 e. The molecule has 2 heterocycles. The molecule has 1 N–H and O–H groups in total. The number of nitrogens with zero attached hydrogens (tertiary/aromatic N) is 2. The Kier molecular flexibility index (Phi) is 3.06. The van der Waals surface area contributed by atoms with E-state index < -0.39 is 0 Å². The molecular formula is C11H15N3S. The van der Waals surface area contributed by atoms with Gasteiger partial charge in [-0.3, -0.25) is 4.68 Å². The van der Waals surface area contributed by atoms with E-state index in [1.165, 1.54) is 5.56 Å². The minimum absolute atomic E-state index is 0.877. The Morgan fingerprint density at radius 3 is 3.07 bits per heavy atom. The van der Waals surface area contributed by atoms with Crippen LogP contribution in [0.15, 0.2) is 23.0 Å². The molecule has 0 bridgehead atoms. The summed E-state index contributed by atoms with van der Waals surface area (Å²) in [6, 6.07) is 2.14. The second-order valence-electron chi connectivity index (χ2n) is 3.50. The van der Waals surface area contributed by atoms with Gasteiger partial charge in [-0.25, -0.2) is 0 Å². The third-order valence-electron chi connectivity index (χ3n) is 2.30. The number of aromatic nitrogens is 2. The Balaban J connectivity index is 2.04. The van der Waals surface area contributed by atoms with Crippen molar-refractivity contribution in [2.75, 3.05) is 5.32 Å². The fraction of sp³-hybridized carbons (Fsp3) is 0.364. The summed E-state index contributed by atoms with van der Waals surface area (Å²) in [5.74, 6) is 0. The van der Waals surface area contributed by atoms with Crippen molar-refractivity contribution < 1.29 is 0 Å². The third-order valence-corrected chi connectivity index (χ3v) is 3.04. The minimum atomic E-state index is 0.877. The topological polar surface area (TPSA) is 29.9 Å². The van der Waals surface area contributed by atoms with E-state index in [0.29, 0.717) is 0 Å². The van der Waals surface area contributed by atoms with E-state index in [1.807, 2.05) is 17.9 Å². The molecule has 4 heteroatoms. The van der Waals surface area contributed by atoms with Gasteiger partial charge >= 0.3 is 0 Å². The van der Waals surface area contributed by atoms with Crippen LogP contribution in [0.1, 0.15) is 18.2 Å². The quantitative estimate of drug-likeness (QED) is 0.860. The van der Waals surface area contributed by atoms with Crippen LogP contribution in [0.3, 0.4) is 0 Å². The SMILES string of the molecule is CCc1nn(C)cc1NCc1ccsc1. The Bertz CT molecular complexity index is 417. The van der Waals surface area contributed by atoms with E-state index in [9.17, 15) is 0 Å². The maximum Gasteiger partial charge on any atom is 0.0853 e. The monoisotopic (exact) mass is 221 g/mol. The van der Waals surface area contributed by atoms with Crippen molar-refractivity contribution in [3.63, 3.8) is 0 Å². The number of nitrogens with one attached hydrogen (secondary N) is 1. The Morgan fingerprint density at radius 1 is 1.53 bits per heavy atom. The van der Waals surface area contributed by atoms with E-state index in [4.69, 9.17) is 0 Å². The van der Waals surface area contributed by atoms with Gasteiger partial charge in [0.05, 0.1) is 11.4 Å². The molecule has 3 nitrogen and oxygen atoms in total. The van der Waals surface area contributed by atoms with E-state index in [2.05, 4.69) is 34.2 Å². The fourth-order valence-corrected chi connectivity index (χ4v) is 2.20. The lowest BCUT2D eigenvalue weighted by molar-refractivity contribution is 0.746. The first-order valence-corrected chi connectivity index (χ1v) is 6.01. The number of thiophene rings is 1. The van der Waals surface area contributed by atoms with Crippen molar-refractivity contribution in [2.45, 2.75) is 19.9 Å². The highest BCUT2D eigenvalue weighted by atomic mass is 32.1. The van der Waals surface area contributed by atoms with Crippen molar-refractivity contribution in [3.8, 4) is 0 Å². The van der Waals surface area contributed by atoms with Gasteiger partial charge in [0.25, 0.3) is 0 Å². The van der Waals surface area contributed by atoms with Crippen LogP contribution in [-0.2, 0) is 20.0 Å². The number of anilines is 1. The Hall–Kier alpha value is -1.29. The molecule has 80 valence electrons. The summed E-state index contributed by atoms with van der Waals surface area (Å²) in [5, 5.41) is 12.1.